The van der Waals surface area contributed by atoms with Crippen molar-refractivity contribution in [3.63, 3.8) is 0 Å². The van der Waals surface area contributed by atoms with Crippen molar-refractivity contribution in [3.05, 3.63) is 0 Å². The lowest BCUT2D eigenvalue weighted by molar-refractivity contribution is -0.134. The molecule has 1 fully saturated rings. The van der Waals surface area contributed by atoms with E-state index in [1.807, 2.05) is 17.0 Å². The molecular formula is C15H24N4O2. The SMILES string of the molecule is CC1CCCN(CC(=O)N(CCC#N)CCC#N)C1CO. The molecule has 2 unspecified atom stereocenters. The summed E-state index contributed by atoms with van der Waals surface area (Å²) in [6, 6.07) is 4.08. The molecule has 0 saturated carbocycles. The van der Waals surface area contributed by atoms with Crippen LogP contribution in [-0.4, -0.2) is 59.6 Å². The average molecular weight is 292 g/mol. The lowest BCUT2D eigenvalue weighted by atomic mass is 9.91. The zero-order valence-corrected chi connectivity index (χ0v) is 12.7. The molecule has 1 rings (SSSR count). The first-order valence-corrected chi connectivity index (χ1v) is 7.50. The van der Waals surface area contributed by atoms with E-state index in [0.717, 1.165) is 19.4 Å². The summed E-state index contributed by atoms with van der Waals surface area (Å²) in [5.74, 6) is 0.316. The van der Waals surface area contributed by atoms with Gasteiger partial charge in [-0.3, -0.25) is 9.69 Å². The van der Waals surface area contributed by atoms with Gasteiger partial charge in [0, 0.05) is 19.1 Å². The molecule has 1 heterocycles. The molecule has 1 N–H and O–H groups in total. The molecule has 1 amide bonds. The average Bonchev–Trinajstić information content (AvgIpc) is 2.47. The van der Waals surface area contributed by atoms with Crippen molar-refractivity contribution in [2.75, 3.05) is 32.8 Å². The zero-order valence-electron chi connectivity index (χ0n) is 12.7. The van der Waals surface area contributed by atoms with Gasteiger partial charge in [0.2, 0.25) is 5.91 Å². The third kappa shape index (κ3) is 5.34. The first-order chi connectivity index (χ1) is 10.1. The van der Waals surface area contributed by atoms with Crippen molar-refractivity contribution < 1.29 is 9.90 Å². The minimum absolute atomic E-state index is 0.0245. The molecule has 6 heteroatoms. The van der Waals surface area contributed by atoms with Crippen molar-refractivity contribution in [2.24, 2.45) is 5.92 Å². The number of aliphatic hydroxyl groups excluding tert-OH is 1. The predicted molar refractivity (Wildman–Crippen MR) is 77.9 cm³/mol. The standard InChI is InChI=1S/C15H24N4O2/c1-13-5-2-8-19(14(13)12-20)11-15(21)18(9-3-6-16)10-4-7-17/h13-14,20H,2-5,8-12H2,1H3. The summed E-state index contributed by atoms with van der Waals surface area (Å²) in [4.78, 5) is 16.0. The first-order valence-electron chi connectivity index (χ1n) is 7.50. The summed E-state index contributed by atoms with van der Waals surface area (Å²) in [5.41, 5.74) is 0. The molecule has 1 aliphatic heterocycles. The second-order valence-electron chi connectivity index (χ2n) is 5.54. The Morgan fingerprint density at radius 3 is 2.48 bits per heavy atom. The van der Waals surface area contributed by atoms with Crippen LogP contribution in [0, 0.1) is 28.6 Å². The monoisotopic (exact) mass is 292 g/mol. The Morgan fingerprint density at radius 1 is 1.33 bits per heavy atom. The number of piperidine rings is 1. The zero-order chi connectivity index (χ0) is 15.7. The predicted octanol–water partition coefficient (Wildman–Crippen LogP) is 0.735. The van der Waals surface area contributed by atoms with Gasteiger partial charge in [-0.1, -0.05) is 6.92 Å². The van der Waals surface area contributed by atoms with E-state index >= 15 is 0 Å². The van der Waals surface area contributed by atoms with Crippen LogP contribution in [0.1, 0.15) is 32.6 Å². The van der Waals surface area contributed by atoms with Crippen molar-refractivity contribution in [1.29, 1.82) is 10.5 Å². The number of hydrogen-bond donors (Lipinski definition) is 1. The number of nitrogens with zero attached hydrogens (tertiary/aromatic N) is 4. The molecule has 1 saturated heterocycles. The van der Waals surface area contributed by atoms with E-state index in [4.69, 9.17) is 10.5 Å². The number of hydrogen-bond acceptors (Lipinski definition) is 5. The number of likely N-dealkylation sites (tertiary alicyclic amines) is 1. The molecule has 0 aromatic carbocycles. The van der Waals surface area contributed by atoms with E-state index < -0.39 is 0 Å². The van der Waals surface area contributed by atoms with Gasteiger partial charge in [0.05, 0.1) is 38.1 Å². The number of carbonyl (C=O) groups excluding carboxylic acids is 1. The normalized spacial score (nSPS) is 22.3. The fourth-order valence-corrected chi connectivity index (χ4v) is 2.83. The van der Waals surface area contributed by atoms with Gasteiger partial charge in [-0.2, -0.15) is 10.5 Å². The Hall–Kier alpha value is -1.63. The van der Waals surface area contributed by atoms with Gasteiger partial charge in [0.15, 0.2) is 0 Å². The van der Waals surface area contributed by atoms with E-state index in [-0.39, 0.29) is 37.9 Å². The number of nitriles is 2. The lowest BCUT2D eigenvalue weighted by Crippen LogP contribution is -2.51. The fraction of sp³-hybridized carbons (Fsp3) is 0.800. The molecule has 0 aliphatic carbocycles. The van der Waals surface area contributed by atoms with E-state index in [9.17, 15) is 9.90 Å². The molecule has 116 valence electrons. The lowest BCUT2D eigenvalue weighted by Gasteiger charge is -2.39. The molecule has 1 aliphatic rings. The van der Waals surface area contributed by atoms with E-state index in [0.29, 0.717) is 19.0 Å². The van der Waals surface area contributed by atoms with E-state index in [2.05, 4.69) is 6.92 Å². The van der Waals surface area contributed by atoms with E-state index in [1.165, 1.54) is 0 Å². The number of carbonyl (C=O) groups is 1. The quantitative estimate of drug-likeness (QED) is 0.747. The van der Waals surface area contributed by atoms with Crippen molar-refractivity contribution in [3.8, 4) is 12.1 Å². The topological polar surface area (TPSA) is 91.4 Å². The number of aliphatic hydroxyl groups is 1. The van der Waals surface area contributed by atoms with Crippen LogP contribution in [0.15, 0.2) is 0 Å². The Morgan fingerprint density at radius 2 is 1.95 bits per heavy atom. The summed E-state index contributed by atoms with van der Waals surface area (Å²) < 4.78 is 0. The van der Waals surface area contributed by atoms with Crippen LogP contribution >= 0.6 is 0 Å². The summed E-state index contributed by atoms with van der Waals surface area (Å²) >= 11 is 0. The molecule has 0 aromatic heterocycles. The Kier molecular flexibility index (Phi) is 7.74. The largest absolute Gasteiger partial charge is 0.395 e. The van der Waals surface area contributed by atoms with Crippen LogP contribution in [0.2, 0.25) is 0 Å². The molecule has 0 radical (unpaired) electrons. The van der Waals surface area contributed by atoms with Crippen LogP contribution in [0.25, 0.3) is 0 Å². The maximum atomic E-state index is 12.4. The van der Waals surface area contributed by atoms with Crippen LogP contribution in [0.5, 0.6) is 0 Å². The number of rotatable bonds is 7. The second-order valence-corrected chi connectivity index (χ2v) is 5.54. The molecule has 21 heavy (non-hydrogen) atoms. The highest BCUT2D eigenvalue weighted by atomic mass is 16.3. The molecule has 2 atom stereocenters. The van der Waals surface area contributed by atoms with Crippen molar-refractivity contribution >= 4 is 5.91 Å². The highest BCUT2D eigenvalue weighted by Crippen LogP contribution is 2.22. The minimum atomic E-state index is -0.0620. The van der Waals surface area contributed by atoms with Gasteiger partial charge >= 0.3 is 0 Å². The molecule has 0 spiro atoms. The van der Waals surface area contributed by atoms with Crippen molar-refractivity contribution in [1.82, 2.24) is 9.80 Å². The summed E-state index contributed by atoms with van der Waals surface area (Å²) in [7, 11) is 0. The maximum absolute atomic E-state index is 12.4. The summed E-state index contributed by atoms with van der Waals surface area (Å²) in [6.45, 7) is 3.96. The Balaban J connectivity index is 2.62. The second kappa shape index (κ2) is 9.33. The van der Waals surface area contributed by atoms with Gasteiger partial charge in [0.25, 0.3) is 0 Å². The van der Waals surface area contributed by atoms with Gasteiger partial charge < -0.3 is 10.0 Å². The Bertz CT molecular complexity index is 395. The minimum Gasteiger partial charge on any atom is -0.395 e. The molecule has 0 aromatic rings. The summed E-state index contributed by atoms with van der Waals surface area (Å²) in [5, 5.41) is 26.8. The van der Waals surface area contributed by atoms with Gasteiger partial charge in [-0.05, 0) is 25.3 Å². The smallest absolute Gasteiger partial charge is 0.236 e. The molecular weight excluding hydrogens is 268 g/mol. The molecule has 6 nitrogen and oxygen atoms in total. The fourth-order valence-electron chi connectivity index (χ4n) is 2.83. The first kappa shape index (κ1) is 17.4. The highest BCUT2D eigenvalue weighted by molar-refractivity contribution is 5.78. The highest BCUT2D eigenvalue weighted by Gasteiger charge is 2.30. The number of amides is 1. The van der Waals surface area contributed by atoms with Crippen LogP contribution < -0.4 is 0 Å². The third-order valence-corrected chi connectivity index (χ3v) is 4.10. The third-order valence-electron chi connectivity index (χ3n) is 4.10. The van der Waals surface area contributed by atoms with E-state index in [1.54, 1.807) is 4.90 Å². The Labute approximate surface area is 126 Å². The van der Waals surface area contributed by atoms with Gasteiger partial charge in [0.1, 0.15) is 0 Å². The van der Waals surface area contributed by atoms with Gasteiger partial charge in [-0.25, -0.2) is 0 Å². The maximum Gasteiger partial charge on any atom is 0.236 e. The molecule has 0 bridgehead atoms. The van der Waals surface area contributed by atoms with Crippen LogP contribution in [-0.2, 0) is 4.79 Å². The van der Waals surface area contributed by atoms with Crippen molar-refractivity contribution in [2.45, 2.75) is 38.6 Å². The van der Waals surface area contributed by atoms with Gasteiger partial charge in [-0.15, -0.1) is 0 Å². The van der Waals surface area contributed by atoms with Crippen LogP contribution in [0.4, 0.5) is 0 Å². The van der Waals surface area contributed by atoms with Crippen LogP contribution in [0.3, 0.4) is 0 Å². The summed E-state index contributed by atoms with van der Waals surface area (Å²) in [6.07, 6.45) is 2.65.